The van der Waals surface area contributed by atoms with E-state index >= 15 is 0 Å². The lowest BCUT2D eigenvalue weighted by Gasteiger charge is -2.23. The number of ether oxygens (including phenoxy) is 1. The fourth-order valence-electron chi connectivity index (χ4n) is 2.32. The molecule has 1 aromatic heterocycles. The smallest absolute Gasteiger partial charge is 0.264 e. The average molecular weight is 350 g/mol. The minimum Gasteiger partial charge on any atom is -0.494 e. The maximum Gasteiger partial charge on any atom is 0.264 e. The number of benzene rings is 1. The van der Waals surface area contributed by atoms with E-state index < -0.39 is 17.3 Å². The molecule has 24 heavy (non-hydrogen) atoms. The molecule has 7 nitrogen and oxygen atoms in total. The number of H-pyrrole nitrogens is 1. The highest BCUT2D eigenvalue weighted by Gasteiger charge is 2.15. The van der Waals surface area contributed by atoms with Gasteiger partial charge in [-0.05, 0) is 24.4 Å². The first-order chi connectivity index (χ1) is 11.6. The third kappa shape index (κ3) is 3.22. The first kappa shape index (κ1) is 16.3. The van der Waals surface area contributed by atoms with E-state index in [1.807, 2.05) is 0 Å². The van der Waals surface area contributed by atoms with Gasteiger partial charge in [-0.15, -0.1) is 0 Å². The molecule has 1 aliphatic heterocycles. The highest BCUT2D eigenvalue weighted by Crippen LogP contribution is 2.20. The lowest BCUT2D eigenvalue weighted by molar-refractivity contribution is 0.0396. The summed E-state index contributed by atoms with van der Waals surface area (Å²) in [5.41, 5.74) is -0.655. The van der Waals surface area contributed by atoms with Crippen LogP contribution < -0.4 is 5.56 Å². The Kier molecular flexibility index (Phi) is 4.72. The van der Waals surface area contributed by atoms with Crippen molar-refractivity contribution in [2.75, 3.05) is 26.3 Å². The molecule has 0 aliphatic carbocycles. The molecule has 0 spiro atoms. The Morgan fingerprint density at radius 1 is 1.33 bits per heavy atom. The second kappa shape index (κ2) is 6.93. The Balaban J connectivity index is 2.06. The van der Waals surface area contributed by atoms with Crippen LogP contribution in [0.25, 0.3) is 5.69 Å². The van der Waals surface area contributed by atoms with Crippen molar-refractivity contribution >= 4 is 18.4 Å². The molecule has 0 saturated carbocycles. The third-order valence-corrected chi connectivity index (χ3v) is 3.84. The fourth-order valence-corrected chi connectivity index (χ4v) is 2.60. The van der Waals surface area contributed by atoms with Gasteiger partial charge >= 0.3 is 0 Å². The molecule has 126 valence electrons. The number of aromatic amines is 1. The lowest BCUT2D eigenvalue weighted by atomic mass is 10.2. The summed E-state index contributed by atoms with van der Waals surface area (Å²) in [5, 5.41) is 16.3. The first-order valence-electron chi connectivity index (χ1n) is 7.28. The van der Waals surface area contributed by atoms with E-state index in [4.69, 9.17) is 17.0 Å². The Labute approximate surface area is 141 Å². The molecule has 2 heterocycles. The van der Waals surface area contributed by atoms with Crippen molar-refractivity contribution in [3.05, 3.63) is 50.8 Å². The summed E-state index contributed by atoms with van der Waals surface area (Å²) in [6, 6.07) is 5.81. The Morgan fingerprint density at radius 3 is 2.75 bits per heavy atom. The molecule has 0 unspecified atom stereocenters. The van der Waals surface area contributed by atoms with Crippen LogP contribution in [0.2, 0.25) is 0 Å². The van der Waals surface area contributed by atoms with Crippen LogP contribution in [0.1, 0.15) is 5.56 Å². The number of hydrogen-bond acceptors (Lipinski definition) is 6. The lowest BCUT2D eigenvalue weighted by Crippen LogP contribution is -2.32. The number of nitrogens with one attached hydrogen (secondary N) is 1. The van der Waals surface area contributed by atoms with E-state index in [-0.39, 0.29) is 16.0 Å². The molecule has 0 radical (unpaired) electrons. The molecule has 0 bridgehead atoms. The van der Waals surface area contributed by atoms with E-state index in [9.17, 15) is 14.3 Å². The van der Waals surface area contributed by atoms with E-state index in [0.29, 0.717) is 26.3 Å². The number of aromatic hydroxyl groups is 1. The van der Waals surface area contributed by atoms with Crippen LogP contribution >= 0.6 is 12.2 Å². The Hall–Kier alpha value is -2.52. The van der Waals surface area contributed by atoms with Gasteiger partial charge in [-0.1, -0.05) is 12.1 Å². The minimum atomic E-state index is -0.595. The molecular weight excluding hydrogens is 335 g/mol. The van der Waals surface area contributed by atoms with Crippen molar-refractivity contribution < 1.29 is 14.2 Å². The van der Waals surface area contributed by atoms with Gasteiger partial charge in [0.05, 0.1) is 38.2 Å². The van der Waals surface area contributed by atoms with Crippen LogP contribution in [-0.2, 0) is 4.74 Å². The first-order valence-corrected chi connectivity index (χ1v) is 7.68. The SMILES string of the molecule is O=c1[nH]c(=S)n(-c2ccccc2F)c(O)c1/C=N/N1CCOCC1. The molecule has 1 fully saturated rings. The van der Waals surface area contributed by atoms with Gasteiger partial charge in [0, 0.05) is 0 Å². The van der Waals surface area contributed by atoms with Crippen LogP contribution in [-0.4, -0.2) is 52.2 Å². The average Bonchev–Trinajstić information content (AvgIpc) is 2.57. The monoisotopic (exact) mass is 350 g/mol. The van der Waals surface area contributed by atoms with E-state index in [0.717, 1.165) is 4.57 Å². The van der Waals surface area contributed by atoms with E-state index in [1.54, 1.807) is 11.1 Å². The molecule has 9 heteroatoms. The van der Waals surface area contributed by atoms with Crippen molar-refractivity contribution in [3.63, 3.8) is 0 Å². The quantitative estimate of drug-likeness (QED) is 0.646. The van der Waals surface area contributed by atoms with Gasteiger partial charge in [0.15, 0.2) is 4.77 Å². The van der Waals surface area contributed by atoms with E-state index in [2.05, 4.69) is 10.1 Å². The van der Waals surface area contributed by atoms with Crippen LogP contribution in [0.3, 0.4) is 0 Å². The van der Waals surface area contributed by atoms with Crippen LogP contribution in [0.5, 0.6) is 5.88 Å². The molecular formula is C15H15FN4O3S. The van der Waals surface area contributed by atoms with Gasteiger partial charge in [0.25, 0.3) is 5.56 Å². The van der Waals surface area contributed by atoms with Crippen molar-refractivity contribution in [1.82, 2.24) is 14.6 Å². The predicted molar refractivity (Wildman–Crippen MR) is 88.8 cm³/mol. The molecule has 1 aromatic carbocycles. The number of hydrogen-bond donors (Lipinski definition) is 2. The maximum atomic E-state index is 14.0. The van der Waals surface area contributed by atoms with Gasteiger partial charge < -0.3 is 9.84 Å². The summed E-state index contributed by atoms with van der Waals surface area (Å²) in [7, 11) is 0. The van der Waals surface area contributed by atoms with Gasteiger partial charge in [0.1, 0.15) is 11.4 Å². The van der Waals surface area contributed by atoms with Gasteiger partial charge in [-0.3, -0.25) is 19.4 Å². The summed E-state index contributed by atoms with van der Waals surface area (Å²) in [6.45, 7) is 2.25. The molecule has 0 amide bonds. The molecule has 1 saturated heterocycles. The highest BCUT2D eigenvalue weighted by molar-refractivity contribution is 7.71. The fraction of sp³-hybridized carbons (Fsp3) is 0.267. The van der Waals surface area contributed by atoms with Crippen molar-refractivity contribution in [2.24, 2.45) is 5.10 Å². The van der Waals surface area contributed by atoms with Crippen molar-refractivity contribution in [1.29, 1.82) is 0 Å². The molecule has 1 aliphatic rings. The predicted octanol–water partition coefficient (Wildman–Crippen LogP) is 1.41. The second-order valence-electron chi connectivity index (χ2n) is 5.09. The molecule has 2 N–H and O–H groups in total. The minimum absolute atomic E-state index is 0.0391. The van der Waals surface area contributed by atoms with Gasteiger partial charge in [-0.2, -0.15) is 5.10 Å². The number of para-hydroxylation sites is 1. The summed E-state index contributed by atoms with van der Waals surface area (Å²) < 4.78 is 20.2. The topological polar surface area (TPSA) is 82.8 Å². The number of nitrogens with zero attached hydrogens (tertiary/aromatic N) is 3. The number of aromatic nitrogens is 2. The number of halogens is 1. The van der Waals surface area contributed by atoms with Crippen molar-refractivity contribution in [3.8, 4) is 11.6 Å². The summed E-state index contributed by atoms with van der Waals surface area (Å²) in [4.78, 5) is 14.5. The molecule has 2 aromatic rings. The van der Waals surface area contributed by atoms with Crippen LogP contribution in [0.15, 0.2) is 34.2 Å². The van der Waals surface area contributed by atoms with Crippen LogP contribution in [0.4, 0.5) is 4.39 Å². The zero-order valence-electron chi connectivity index (χ0n) is 12.6. The van der Waals surface area contributed by atoms with Crippen molar-refractivity contribution in [2.45, 2.75) is 0 Å². The van der Waals surface area contributed by atoms with Gasteiger partial charge in [0.2, 0.25) is 5.88 Å². The van der Waals surface area contributed by atoms with E-state index in [1.165, 1.54) is 24.4 Å². The summed E-state index contributed by atoms with van der Waals surface area (Å²) in [5.74, 6) is -1.04. The summed E-state index contributed by atoms with van der Waals surface area (Å²) in [6.07, 6.45) is 1.24. The standard InChI is InChI=1S/C15H15FN4O3S/c16-11-3-1-2-4-12(11)20-14(22)10(13(21)18-15(20)24)9-17-19-5-7-23-8-6-19/h1-4,9,22H,5-8H2,(H,18,21,24)/b17-9+. The number of rotatable bonds is 3. The third-order valence-electron chi connectivity index (χ3n) is 3.55. The second-order valence-corrected chi connectivity index (χ2v) is 5.48. The normalized spacial score (nSPS) is 15.1. The highest BCUT2D eigenvalue weighted by atomic mass is 32.1. The zero-order chi connectivity index (χ0) is 17.1. The van der Waals surface area contributed by atoms with Crippen LogP contribution in [0, 0.1) is 10.6 Å². The largest absolute Gasteiger partial charge is 0.494 e. The molecule has 0 atom stereocenters. The Morgan fingerprint density at radius 2 is 2.04 bits per heavy atom. The Bertz CT molecular complexity index is 887. The molecule has 3 rings (SSSR count). The number of hydrazone groups is 1. The summed E-state index contributed by atoms with van der Waals surface area (Å²) >= 11 is 5.05. The van der Waals surface area contributed by atoms with Gasteiger partial charge in [-0.25, -0.2) is 4.39 Å². The zero-order valence-corrected chi connectivity index (χ0v) is 13.4. The maximum absolute atomic E-state index is 14.0. The number of morpholine rings is 1.